The third-order valence-electron chi connectivity index (χ3n) is 3.66. The molecule has 0 bridgehead atoms. The maximum absolute atomic E-state index is 12.8. The average molecular weight is 344 g/mol. The molecule has 0 atom stereocenters. The van der Waals surface area contributed by atoms with E-state index in [1.807, 2.05) is 0 Å². The van der Waals surface area contributed by atoms with Crippen LogP contribution < -0.4 is 10.3 Å². The SMILES string of the molecule is CCOC(=O)c1sc2ncn(-c3ccc(OC)cc3)c(=O)c2c1C. The number of aromatic nitrogens is 2. The second kappa shape index (κ2) is 6.45. The van der Waals surface area contributed by atoms with Gasteiger partial charge in [-0.05, 0) is 43.7 Å². The molecule has 0 aliphatic heterocycles. The number of methoxy groups -OCH3 is 1. The lowest BCUT2D eigenvalue weighted by molar-refractivity contribution is 0.0531. The number of carbonyl (C=O) groups excluding carboxylic acids is 1. The summed E-state index contributed by atoms with van der Waals surface area (Å²) in [7, 11) is 1.58. The summed E-state index contributed by atoms with van der Waals surface area (Å²) in [6.07, 6.45) is 1.47. The zero-order valence-electron chi connectivity index (χ0n) is 13.5. The summed E-state index contributed by atoms with van der Waals surface area (Å²) in [4.78, 5) is 30.1. The van der Waals surface area contributed by atoms with Gasteiger partial charge in [0.15, 0.2) is 0 Å². The first-order chi connectivity index (χ1) is 11.6. The highest BCUT2D eigenvalue weighted by Gasteiger charge is 2.20. The van der Waals surface area contributed by atoms with Crippen molar-refractivity contribution in [3.05, 3.63) is 51.4 Å². The van der Waals surface area contributed by atoms with Crippen LogP contribution >= 0.6 is 11.3 Å². The highest BCUT2D eigenvalue weighted by molar-refractivity contribution is 7.20. The topological polar surface area (TPSA) is 70.4 Å². The zero-order chi connectivity index (χ0) is 17.3. The van der Waals surface area contributed by atoms with Crippen molar-refractivity contribution >= 4 is 27.5 Å². The van der Waals surface area contributed by atoms with Gasteiger partial charge in [-0.15, -0.1) is 11.3 Å². The van der Waals surface area contributed by atoms with Gasteiger partial charge in [-0.1, -0.05) is 0 Å². The molecule has 0 aliphatic rings. The van der Waals surface area contributed by atoms with Crippen LogP contribution in [0.15, 0.2) is 35.4 Å². The zero-order valence-corrected chi connectivity index (χ0v) is 14.3. The van der Waals surface area contributed by atoms with Crippen LogP contribution in [0, 0.1) is 6.92 Å². The van der Waals surface area contributed by atoms with Gasteiger partial charge >= 0.3 is 5.97 Å². The number of esters is 1. The Labute approximate surface area is 142 Å². The molecule has 3 aromatic rings. The largest absolute Gasteiger partial charge is 0.497 e. The Morgan fingerprint density at radius 2 is 2.00 bits per heavy atom. The highest BCUT2D eigenvalue weighted by atomic mass is 32.1. The molecule has 0 saturated heterocycles. The number of aryl methyl sites for hydroxylation is 1. The molecule has 0 amide bonds. The van der Waals surface area contributed by atoms with Crippen molar-refractivity contribution in [1.29, 1.82) is 0 Å². The van der Waals surface area contributed by atoms with Crippen LogP contribution in [-0.4, -0.2) is 29.2 Å². The summed E-state index contributed by atoms with van der Waals surface area (Å²) in [6.45, 7) is 3.78. The van der Waals surface area contributed by atoms with Crippen molar-refractivity contribution < 1.29 is 14.3 Å². The molecular weight excluding hydrogens is 328 g/mol. The number of benzene rings is 1. The highest BCUT2D eigenvalue weighted by Crippen LogP contribution is 2.28. The van der Waals surface area contributed by atoms with Crippen LogP contribution in [0.1, 0.15) is 22.2 Å². The first-order valence-corrected chi connectivity index (χ1v) is 8.20. The summed E-state index contributed by atoms with van der Waals surface area (Å²) in [6, 6.07) is 7.11. The van der Waals surface area contributed by atoms with Gasteiger partial charge in [0, 0.05) is 0 Å². The number of rotatable bonds is 4. The van der Waals surface area contributed by atoms with Crippen molar-refractivity contribution in [2.45, 2.75) is 13.8 Å². The first-order valence-electron chi connectivity index (χ1n) is 7.39. The van der Waals surface area contributed by atoms with Crippen molar-refractivity contribution in [2.24, 2.45) is 0 Å². The lowest BCUT2D eigenvalue weighted by atomic mass is 10.2. The predicted molar refractivity (Wildman–Crippen MR) is 92.5 cm³/mol. The van der Waals surface area contributed by atoms with E-state index in [0.29, 0.717) is 32.1 Å². The Bertz CT molecular complexity index is 957. The van der Waals surface area contributed by atoms with Crippen LogP contribution in [0.5, 0.6) is 5.75 Å². The summed E-state index contributed by atoms with van der Waals surface area (Å²) in [5.41, 5.74) is 1.07. The number of hydrogen-bond donors (Lipinski definition) is 0. The quantitative estimate of drug-likeness (QED) is 0.681. The van der Waals surface area contributed by atoms with E-state index in [1.54, 1.807) is 45.2 Å². The van der Waals surface area contributed by atoms with Crippen molar-refractivity contribution in [3.8, 4) is 11.4 Å². The molecule has 0 saturated carbocycles. The van der Waals surface area contributed by atoms with E-state index >= 15 is 0 Å². The third-order valence-corrected chi connectivity index (χ3v) is 4.84. The maximum Gasteiger partial charge on any atom is 0.348 e. The second-order valence-electron chi connectivity index (χ2n) is 5.07. The fourth-order valence-electron chi connectivity index (χ4n) is 2.44. The minimum atomic E-state index is -0.423. The first kappa shape index (κ1) is 16.2. The van der Waals surface area contributed by atoms with E-state index in [4.69, 9.17) is 9.47 Å². The Balaban J connectivity index is 2.15. The molecule has 0 aliphatic carbocycles. The van der Waals surface area contributed by atoms with Gasteiger partial charge in [-0.2, -0.15) is 0 Å². The summed E-state index contributed by atoms with van der Waals surface area (Å²) >= 11 is 1.18. The molecule has 24 heavy (non-hydrogen) atoms. The summed E-state index contributed by atoms with van der Waals surface area (Å²) < 4.78 is 11.6. The minimum Gasteiger partial charge on any atom is -0.497 e. The van der Waals surface area contributed by atoms with E-state index < -0.39 is 5.97 Å². The molecule has 0 spiro atoms. The Hall–Kier alpha value is -2.67. The average Bonchev–Trinajstić information content (AvgIpc) is 2.93. The minimum absolute atomic E-state index is 0.213. The van der Waals surface area contributed by atoms with E-state index in [1.165, 1.54) is 22.2 Å². The van der Waals surface area contributed by atoms with E-state index in [-0.39, 0.29) is 12.2 Å². The molecule has 0 fully saturated rings. The normalized spacial score (nSPS) is 10.8. The van der Waals surface area contributed by atoms with Crippen LogP contribution in [0.2, 0.25) is 0 Å². The summed E-state index contributed by atoms with van der Waals surface area (Å²) in [5.74, 6) is 0.283. The predicted octanol–water partition coefficient (Wildman–Crippen LogP) is 2.94. The van der Waals surface area contributed by atoms with Gasteiger partial charge in [0.1, 0.15) is 21.8 Å². The van der Waals surface area contributed by atoms with Crippen LogP contribution in [-0.2, 0) is 4.74 Å². The third kappa shape index (κ3) is 2.67. The number of nitrogens with zero attached hydrogens (tertiary/aromatic N) is 2. The van der Waals surface area contributed by atoms with Crippen molar-refractivity contribution in [3.63, 3.8) is 0 Å². The number of carbonyl (C=O) groups is 1. The summed E-state index contributed by atoms with van der Waals surface area (Å²) in [5, 5.41) is 0.446. The van der Waals surface area contributed by atoms with Gasteiger partial charge in [0.2, 0.25) is 0 Å². The number of hydrogen-bond acceptors (Lipinski definition) is 6. The molecule has 3 rings (SSSR count). The van der Waals surface area contributed by atoms with Gasteiger partial charge in [0.05, 0.1) is 24.8 Å². The molecule has 7 heteroatoms. The second-order valence-corrected chi connectivity index (χ2v) is 6.07. The maximum atomic E-state index is 12.8. The molecular formula is C17H16N2O4S. The number of thiophene rings is 1. The van der Waals surface area contributed by atoms with Gasteiger partial charge in [-0.3, -0.25) is 9.36 Å². The van der Waals surface area contributed by atoms with Crippen LogP contribution in [0.25, 0.3) is 15.9 Å². The van der Waals surface area contributed by atoms with Crippen molar-refractivity contribution in [1.82, 2.24) is 9.55 Å². The monoisotopic (exact) mass is 344 g/mol. The van der Waals surface area contributed by atoms with Gasteiger partial charge < -0.3 is 9.47 Å². The molecule has 2 heterocycles. The number of ether oxygens (including phenoxy) is 2. The molecule has 2 aromatic heterocycles. The Kier molecular flexibility index (Phi) is 4.35. The van der Waals surface area contributed by atoms with Crippen LogP contribution in [0.3, 0.4) is 0 Å². The van der Waals surface area contributed by atoms with Crippen LogP contribution in [0.4, 0.5) is 0 Å². The van der Waals surface area contributed by atoms with Crippen molar-refractivity contribution in [2.75, 3.05) is 13.7 Å². The lowest BCUT2D eigenvalue weighted by Crippen LogP contribution is -2.18. The molecule has 0 N–H and O–H groups in total. The van der Waals surface area contributed by atoms with Gasteiger partial charge in [0.25, 0.3) is 5.56 Å². The molecule has 124 valence electrons. The van der Waals surface area contributed by atoms with E-state index in [9.17, 15) is 9.59 Å². The standard InChI is InChI=1S/C17H16N2O4S/c1-4-23-17(21)14-10(2)13-15(24-14)18-9-19(16(13)20)11-5-7-12(22-3)8-6-11/h5-9H,4H2,1-3H3. The van der Waals surface area contributed by atoms with E-state index in [0.717, 1.165) is 0 Å². The lowest BCUT2D eigenvalue weighted by Gasteiger charge is -2.06. The molecule has 0 radical (unpaired) electrons. The Morgan fingerprint density at radius 1 is 1.29 bits per heavy atom. The smallest absolute Gasteiger partial charge is 0.348 e. The Morgan fingerprint density at radius 3 is 2.62 bits per heavy atom. The van der Waals surface area contributed by atoms with E-state index in [2.05, 4.69) is 4.98 Å². The fourth-order valence-corrected chi connectivity index (χ4v) is 3.48. The number of fused-ring (bicyclic) bond motifs is 1. The fraction of sp³-hybridized carbons (Fsp3) is 0.235. The van der Waals surface area contributed by atoms with Gasteiger partial charge in [-0.25, -0.2) is 9.78 Å². The molecule has 1 aromatic carbocycles. The molecule has 0 unspecified atom stereocenters. The molecule has 6 nitrogen and oxygen atoms in total.